The van der Waals surface area contributed by atoms with Crippen molar-refractivity contribution in [1.29, 1.82) is 0 Å². The van der Waals surface area contributed by atoms with Gasteiger partial charge in [0, 0.05) is 17.6 Å². The first-order valence-electron chi connectivity index (χ1n) is 10.2. The molecule has 0 bridgehead atoms. The van der Waals surface area contributed by atoms with Crippen LogP contribution in [0.15, 0.2) is 72.8 Å². The number of anilines is 2. The Morgan fingerprint density at radius 2 is 1.58 bits per heavy atom. The maximum Gasteiger partial charge on any atom is 0.257 e. The summed E-state index contributed by atoms with van der Waals surface area (Å²) in [5.74, 6) is -0.310. The number of nitrogens with one attached hydrogen (secondary N) is 3. The van der Waals surface area contributed by atoms with E-state index in [0.29, 0.717) is 27.7 Å². The number of methoxy groups -OCH3 is 1. The molecule has 0 aliphatic heterocycles. The highest BCUT2D eigenvalue weighted by Crippen LogP contribution is 2.23. The summed E-state index contributed by atoms with van der Waals surface area (Å²) in [6.45, 7) is 1.39. The Bertz CT molecular complexity index is 1130. The van der Waals surface area contributed by atoms with Gasteiger partial charge >= 0.3 is 0 Å². The maximum absolute atomic E-state index is 12.8. The van der Waals surface area contributed by atoms with Crippen LogP contribution >= 0.6 is 11.6 Å². The Hall–Kier alpha value is -3.84. The lowest BCUT2D eigenvalue weighted by molar-refractivity contribution is -0.120. The SMILES string of the molecule is COc1ccc(C(CC(=O)Nc2ccccc2C(=O)Nc2ccc(Cl)cc2)NC(C)=O)cc1. The monoisotopic (exact) mass is 465 g/mol. The van der Waals surface area contributed by atoms with Crippen LogP contribution in [0.2, 0.25) is 5.02 Å². The van der Waals surface area contributed by atoms with Crippen molar-refractivity contribution >= 4 is 40.7 Å². The van der Waals surface area contributed by atoms with Gasteiger partial charge in [-0.3, -0.25) is 14.4 Å². The number of carbonyl (C=O) groups excluding carboxylic acids is 3. The first-order valence-corrected chi connectivity index (χ1v) is 10.6. The largest absolute Gasteiger partial charge is 0.497 e. The van der Waals surface area contributed by atoms with E-state index >= 15 is 0 Å². The summed E-state index contributed by atoms with van der Waals surface area (Å²) in [7, 11) is 1.56. The molecule has 0 saturated heterocycles. The molecule has 0 aliphatic carbocycles. The van der Waals surface area contributed by atoms with E-state index in [-0.39, 0.29) is 24.1 Å². The number of halogens is 1. The van der Waals surface area contributed by atoms with Crippen molar-refractivity contribution in [3.05, 3.63) is 88.9 Å². The van der Waals surface area contributed by atoms with Crippen LogP contribution in [0.1, 0.15) is 35.3 Å². The standard InChI is InChI=1S/C25H24ClN3O4/c1-16(30)27-23(17-7-13-20(33-2)14-8-17)15-24(31)29-22-6-4-3-5-21(22)25(32)28-19-11-9-18(26)10-12-19/h3-14,23H,15H2,1-2H3,(H,27,30)(H,28,32)(H,29,31). The van der Waals surface area contributed by atoms with Gasteiger partial charge in [0.25, 0.3) is 5.91 Å². The van der Waals surface area contributed by atoms with E-state index in [9.17, 15) is 14.4 Å². The van der Waals surface area contributed by atoms with E-state index in [1.54, 1.807) is 79.9 Å². The second-order valence-electron chi connectivity index (χ2n) is 7.29. The molecular formula is C25H24ClN3O4. The van der Waals surface area contributed by atoms with Crippen molar-refractivity contribution < 1.29 is 19.1 Å². The highest BCUT2D eigenvalue weighted by molar-refractivity contribution is 6.30. The average Bonchev–Trinajstić information content (AvgIpc) is 2.80. The average molecular weight is 466 g/mol. The zero-order chi connectivity index (χ0) is 23.8. The Labute approximate surface area is 197 Å². The first-order chi connectivity index (χ1) is 15.9. The zero-order valence-electron chi connectivity index (χ0n) is 18.2. The third-order valence-corrected chi connectivity index (χ3v) is 5.09. The smallest absolute Gasteiger partial charge is 0.257 e. The molecule has 3 rings (SSSR count). The van der Waals surface area contributed by atoms with Gasteiger partial charge in [0.05, 0.1) is 30.8 Å². The summed E-state index contributed by atoms with van der Waals surface area (Å²) in [6, 6.07) is 20.0. The second-order valence-corrected chi connectivity index (χ2v) is 7.72. The van der Waals surface area contributed by atoms with Crippen molar-refractivity contribution in [2.75, 3.05) is 17.7 Å². The molecule has 3 amide bonds. The minimum atomic E-state index is -0.538. The molecule has 170 valence electrons. The maximum atomic E-state index is 12.8. The quantitative estimate of drug-likeness (QED) is 0.445. The predicted octanol–water partition coefficient (Wildman–Crippen LogP) is 4.81. The van der Waals surface area contributed by atoms with Crippen LogP contribution in [0, 0.1) is 0 Å². The lowest BCUT2D eigenvalue weighted by Gasteiger charge is -2.19. The molecule has 0 radical (unpaired) electrons. The van der Waals surface area contributed by atoms with Crippen LogP contribution in [-0.2, 0) is 9.59 Å². The minimum Gasteiger partial charge on any atom is -0.497 e. The number of carbonyl (C=O) groups is 3. The van der Waals surface area contributed by atoms with Gasteiger partial charge in [0.15, 0.2) is 0 Å². The number of amides is 3. The fourth-order valence-electron chi connectivity index (χ4n) is 3.24. The molecule has 3 aromatic carbocycles. The Morgan fingerprint density at radius 1 is 0.909 bits per heavy atom. The fraction of sp³-hybridized carbons (Fsp3) is 0.160. The van der Waals surface area contributed by atoms with E-state index in [2.05, 4.69) is 16.0 Å². The van der Waals surface area contributed by atoms with Crippen LogP contribution in [0.3, 0.4) is 0 Å². The molecule has 0 fully saturated rings. The number of ether oxygens (including phenoxy) is 1. The Morgan fingerprint density at radius 3 is 2.21 bits per heavy atom. The van der Waals surface area contributed by atoms with Crippen molar-refractivity contribution in [3.63, 3.8) is 0 Å². The van der Waals surface area contributed by atoms with Gasteiger partial charge in [-0.05, 0) is 54.1 Å². The van der Waals surface area contributed by atoms with Gasteiger partial charge in [-0.1, -0.05) is 35.9 Å². The van der Waals surface area contributed by atoms with Gasteiger partial charge in [-0.2, -0.15) is 0 Å². The Kier molecular flexibility index (Phi) is 8.05. The zero-order valence-corrected chi connectivity index (χ0v) is 19.0. The van der Waals surface area contributed by atoms with Crippen molar-refractivity contribution in [3.8, 4) is 5.75 Å². The molecule has 1 atom stereocenters. The van der Waals surface area contributed by atoms with Crippen LogP contribution in [0.5, 0.6) is 5.75 Å². The summed E-state index contributed by atoms with van der Waals surface area (Å²) in [5.41, 5.74) is 2.01. The van der Waals surface area contributed by atoms with Gasteiger partial charge in [0.1, 0.15) is 5.75 Å². The highest BCUT2D eigenvalue weighted by Gasteiger charge is 2.19. The van der Waals surface area contributed by atoms with E-state index < -0.39 is 6.04 Å². The topological polar surface area (TPSA) is 96.5 Å². The summed E-state index contributed by atoms with van der Waals surface area (Å²) < 4.78 is 5.16. The van der Waals surface area contributed by atoms with E-state index in [1.807, 2.05) is 0 Å². The molecule has 0 heterocycles. The molecule has 0 saturated carbocycles. The normalized spacial score (nSPS) is 11.2. The molecular weight excluding hydrogens is 442 g/mol. The molecule has 33 heavy (non-hydrogen) atoms. The fourth-order valence-corrected chi connectivity index (χ4v) is 3.37. The molecule has 0 aromatic heterocycles. The number of rotatable bonds is 8. The number of hydrogen-bond donors (Lipinski definition) is 3. The third-order valence-electron chi connectivity index (χ3n) is 4.83. The first kappa shape index (κ1) is 23.8. The number of para-hydroxylation sites is 1. The lowest BCUT2D eigenvalue weighted by Crippen LogP contribution is -2.30. The third kappa shape index (κ3) is 6.82. The molecule has 7 nitrogen and oxygen atoms in total. The minimum absolute atomic E-state index is 0.0148. The molecule has 0 spiro atoms. The van der Waals surface area contributed by atoms with Crippen LogP contribution < -0.4 is 20.7 Å². The van der Waals surface area contributed by atoms with Crippen molar-refractivity contribution in [2.24, 2.45) is 0 Å². The van der Waals surface area contributed by atoms with Crippen LogP contribution in [-0.4, -0.2) is 24.8 Å². The molecule has 3 N–H and O–H groups in total. The summed E-state index contributed by atoms with van der Waals surface area (Å²) in [4.78, 5) is 37.3. The van der Waals surface area contributed by atoms with Crippen molar-refractivity contribution in [1.82, 2.24) is 5.32 Å². The van der Waals surface area contributed by atoms with Crippen LogP contribution in [0.4, 0.5) is 11.4 Å². The van der Waals surface area contributed by atoms with Crippen LogP contribution in [0.25, 0.3) is 0 Å². The van der Waals surface area contributed by atoms with E-state index in [4.69, 9.17) is 16.3 Å². The van der Waals surface area contributed by atoms with E-state index in [0.717, 1.165) is 5.56 Å². The highest BCUT2D eigenvalue weighted by atomic mass is 35.5. The lowest BCUT2D eigenvalue weighted by atomic mass is 10.0. The van der Waals surface area contributed by atoms with Crippen molar-refractivity contribution in [2.45, 2.75) is 19.4 Å². The summed E-state index contributed by atoms with van der Waals surface area (Å²) in [5, 5.41) is 8.93. The van der Waals surface area contributed by atoms with Gasteiger partial charge in [-0.15, -0.1) is 0 Å². The Balaban J connectivity index is 1.73. The number of hydrogen-bond acceptors (Lipinski definition) is 4. The molecule has 8 heteroatoms. The van der Waals surface area contributed by atoms with E-state index in [1.165, 1.54) is 6.92 Å². The van der Waals surface area contributed by atoms with Gasteiger partial charge in [0.2, 0.25) is 11.8 Å². The summed E-state index contributed by atoms with van der Waals surface area (Å²) >= 11 is 5.89. The summed E-state index contributed by atoms with van der Waals surface area (Å²) in [6.07, 6.45) is -0.0148. The number of benzene rings is 3. The van der Waals surface area contributed by atoms with Gasteiger partial charge in [-0.25, -0.2) is 0 Å². The second kappa shape index (κ2) is 11.2. The predicted molar refractivity (Wildman–Crippen MR) is 129 cm³/mol. The molecule has 0 aliphatic rings. The molecule has 1 unspecified atom stereocenters. The molecule has 3 aromatic rings. The van der Waals surface area contributed by atoms with Gasteiger partial charge < -0.3 is 20.7 Å².